The molecule has 2 aliphatic rings. The van der Waals surface area contributed by atoms with Gasteiger partial charge in [0.15, 0.2) is 0 Å². The normalized spacial score (nSPS) is 31.7. The van der Waals surface area contributed by atoms with Gasteiger partial charge in [0.2, 0.25) is 5.91 Å². The maximum Gasteiger partial charge on any atom is 0.306 e. The lowest BCUT2D eigenvalue weighted by atomic mass is 9.86. The van der Waals surface area contributed by atoms with Crippen molar-refractivity contribution in [2.24, 2.45) is 11.8 Å². The average molecular weight is 307 g/mol. The molecule has 0 aromatic carbocycles. The van der Waals surface area contributed by atoms with Gasteiger partial charge in [0.1, 0.15) is 0 Å². The van der Waals surface area contributed by atoms with Gasteiger partial charge in [-0.05, 0) is 56.0 Å². The summed E-state index contributed by atoms with van der Waals surface area (Å²) >= 11 is 1.75. The topological polar surface area (TPSA) is 66.4 Å². The molecule has 0 unspecified atom stereocenters. The summed E-state index contributed by atoms with van der Waals surface area (Å²) in [4.78, 5) is 24.6. The third kappa shape index (κ3) is 3.12. The van der Waals surface area contributed by atoms with Crippen molar-refractivity contribution in [2.75, 3.05) is 0 Å². The van der Waals surface area contributed by atoms with E-state index in [1.807, 2.05) is 0 Å². The van der Waals surface area contributed by atoms with Gasteiger partial charge in [0.25, 0.3) is 0 Å². The molecule has 1 amide bonds. The van der Waals surface area contributed by atoms with Gasteiger partial charge in [-0.1, -0.05) is 0 Å². The molecule has 0 saturated heterocycles. The molecule has 21 heavy (non-hydrogen) atoms. The lowest BCUT2D eigenvalue weighted by Crippen LogP contribution is -2.39. The number of hydrogen-bond donors (Lipinski definition) is 2. The van der Waals surface area contributed by atoms with Crippen LogP contribution in [0.15, 0.2) is 11.4 Å². The summed E-state index contributed by atoms with van der Waals surface area (Å²) in [5, 5.41) is 14.2. The van der Waals surface area contributed by atoms with Crippen LogP contribution < -0.4 is 5.32 Å². The first kappa shape index (κ1) is 14.6. The van der Waals surface area contributed by atoms with Crippen LogP contribution in [-0.2, 0) is 9.59 Å². The molecule has 1 aromatic heterocycles. The van der Waals surface area contributed by atoms with Gasteiger partial charge in [-0.25, -0.2) is 0 Å². The average Bonchev–Trinajstić information content (AvgIpc) is 3.14. The fraction of sp³-hybridized carbons (Fsp3) is 0.625. The maximum atomic E-state index is 12.3. The Balaban J connectivity index is 1.48. The summed E-state index contributed by atoms with van der Waals surface area (Å²) < 4.78 is 0. The van der Waals surface area contributed by atoms with Crippen LogP contribution in [0.5, 0.6) is 0 Å². The molecule has 0 radical (unpaired) electrons. The minimum atomic E-state index is -0.699. The van der Waals surface area contributed by atoms with Crippen molar-refractivity contribution in [3.63, 3.8) is 0 Å². The van der Waals surface area contributed by atoms with E-state index in [9.17, 15) is 9.59 Å². The zero-order valence-corrected chi connectivity index (χ0v) is 13.0. The van der Waals surface area contributed by atoms with E-state index in [-0.39, 0.29) is 23.8 Å². The number of amides is 1. The first-order valence-corrected chi connectivity index (χ1v) is 8.51. The molecule has 0 spiro atoms. The molecule has 2 saturated carbocycles. The van der Waals surface area contributed by atoms with E-state index >= 15 is 0 Å². The largest absolute Gasteiger partial charge is 0.481 e. The predicted octanol–water partition coefficient (Wildman–Crippen LogP) is 2.92. The number of aliphatic carboxylic acids is 1. The molecule has 2 fully saturated rings. The molecule has 1 heterocycles. The van der Waals surface area contributed by atoms with Crippen LogP contribution in [0.4, 0.5) is 0 Å². The Labute approximate surface area is 128 Å². The van der Waals surface area contributed by atoms with E-state index in [0.717, 1.165) is 19.3 Å². The minimum absolute atomic E-state index is 0.125. The Bertz CT molecular complexity index is 545. The Morgan fingerprint density at radius 2 is 2.00 bits per heavy atom. The van der Waals surface area contributed by atoms with Crippen molar-refractivity contribution in [1.82, 2.24) is 5.32 Å². The van der Waals surface area contributed by atoms with Crippen LogP contribution >= 0.6 is 11.3 Å². The monoisotopic (exact) mass is 307 g/mol. The minimum Gasteiger partial charge on any atom is -0.481 e. The number of aryl methyl sites for hydroxylation is 1. The second-order valence-corrected chi connectivity index (χ2v) is 7.26. The van der Waals surface area contributed by atoms with Gasteiger partial charge in [-0.2, -0.15) is 0 Å². The molecule has 2 atom stereocenters. The fourth-order valence-electron chi connectivity index (χ4n) is 3.33. The van der Waals surface area contributed by atoms with Gasteiger partial charge >= 0.3 is 5.97 Å². The highest BCUT2D eigenvalue weighted by atomic mass is 32.1. The zero-order chi connectivity index (χ0) is 15.0. The summed E-state index contributed by atoms with van der Waals surface area (Å²) in [6, 6.07) is 2.28. The number of carboxylic acids is 1. The standard InChI is InChI=1S/C16H21NO3S/c1-9-6-7-21-14(9)12-8-13(12)15(18)17-11-4-2-10(3-5-11)16(19)20/h6-7,10-13H,2-5,8H2,1H3,(H,17,18)(H,19,20)/t10?,11?,12-,13+/m0/s1. The van der Waals surface area contributed by atoms with Gasteiger partial charge in [0.05, 0.1) is 5.92 Å². The van der Waals surface area contributed by atoms with Crippen LogP contribution in [0, 0.1) is 18.8 Å². The van der Waals surface area contributed by atoms with Crippen LogP contribution in [-0.4, -0.2) is 23.0 Å². The van der Waals surface area contributed by atoms with Gasteiger partial charge < -0.3 is 10.4 Å². The van der Waals surface area contributed by atoms with Gasteiger partial charge in [0, 0.05) is 22.8 Å². The molecule has 0 bridgehead atoms. The Kier molecular flexibility index (Phi) is 4.02. The predicted molar refractivity (Wildman–Crippen MR) is 81.4 cm³/mol. The number of carboxylic acid groups (broad SMARTS) is 1. The van der Waals surface area contributed by atoms with E-state index in [2.05, 4.69) is 23.7 Å². The molecule has 3 rings (SSSR count). The molecule has 114 valence electrons. The summed E-state index contributed by atoms with van der Waals surface area (Å²) in [7, 11) is 0. The smallest absolute Gasteiger partial charge is 0.306 e. The van der Waals surface area contributed by atoms with Gasteiger partial charge in [-0.3, -0.25) is 9.59 Å². The Morgan fingerprint density at radius 1 is 1.29 bits per heavy atom. The van der Waals surface area contributed by atoms with Crippen LogP contribution in [0.3, 0.4) is 0 Å². The van der Waals surface area contributed by atoms with Crippen LogP contribution in [0.1, 0.15) is 48.5 Å². The highest BCUT2D eigenvalue weighted by molar-refractivity contribution is 7.10. The van der Waals surface area contributed by atoms with Crippen LogP contribution in [0.25, 0.3) is 0 Å². The quantitative estimate of drug-likeness (QED) is 0.899. The summed E-state index contributed by atoms with van der Waals surface area (Å²) in [6.07, 6.45) is 3.89. The Hall–Kier alpha value is -1.36. The number of hydrogen-bond acceptors (Lipinski definition) is 3. The Morgan fingerprint density at radius 3 is 2.57 bits per heavy atom. The molecule has 5 heteroatoms. The lowest BCUT2D eigenvalue weighted by molar-refractivity contribution is -0.142. The van der Waals surface area contributed by atoms with Crippen molar-refractivity contribution in [3.8, 4) is 0 Å². The van der Waals surface area contributed by atoms with Crippen molar-refractivity contribution >= 4 is 23.2 Å². The molecular weight excluding hydrogens is 286 g/mol. The van der Waals surface area contributed by atoms with Crippen LogP contribution in [0.2, 0.25) is 0 Å². The second-order valence-electron chi connectivity index (χ2n) is 6.31. The summed E-state index contributed by atoms with van der Waals surface area (Å²) in [5.74, 6) is -0.234. The van der Waals surface area contributed by atoms with Gasteiger partial charge in [-0.15, -0.1) is 11.3 Å². The first-order valence-electron chi connectivity index (χ1n) is 7.63. The van der Waals surface area contributed by atoms with E-state index in [0.29, 0.717) is 18.8 Å². The third-order valence-electron chi connectivity index (χ3n) is 4.79. The van der Waals surface area contributed by atoms with E-state index in [1.165, 1.54) is 10.4 Å². The van der Waals surface area contributed by atoms with E-state index in [4.69, 9.17) is 5.11 Å². The highest BCUT2D eigenvalue weighted by Crippen LogP contribution is 2.50. The first-order chi connectivity index (χ1) is 10.1. The second kappa shape index (κ2) is 5.79. The van der Waals surface area contributed by atoms with Crippen molar-refractivity contribution in [3.05, 3.63) is 21.9 Å². The number of thiophene rings is 1. The molecule has 0 aliphatic heterocycles. The molecule has 2 aliphatic carbocycles. The third-order valence-corrected chi connectivity index (χ3v) is 5.94. The maximum absolute atomic E-state index is 12.3. The number of carbonyl (C=O) groups excluding carboxylic acids is 1. The summed E-state index contributed by atoms with van der Waals surface area (Å²) in [5.41, 5.74) is 1.29. The fourth-order valence-corrected chi connectivity index (χ4v) is 4.44. The van der Waals surface area contributed by atoms with E-state index < -0.39 is 5.97 Å². The number of rotatable bonds is 4. The van der Waals surface area contributed by atoms with E-state index in [1.54, 1.807) is 11.3 Å². The highest BCUT2D eigenvalue weighted by Gasteiger charge is 2.45. The lowest BCUT2D eigenvalue weighted by Gasteiger charge is -2.26. The zero-order valence-electron chi connectivity index (χ0n) is 12.2. The molecule has 1 aromatic rings. The summed E-state index contributed by atoms with van der Waals surface area (Å²) in [6.45, 7) is 2.10. The molecule has 2 N–H and O–H groups in total. The number of carbonyl (C=O) groups is 2. The van der Waals surface area contributed by atoms with Crippen molar-refractivity contribution in [1.29, 1.82) is 0 Å². The van der Waals surface area contributed by atoms with Crippen molar-refractivity contribution < 1.29 is 14.7 Å². The SMILES string of the molecule is Cc1ccsc1[C@H]1C[C@H]1C(=O)NC1CCC(C(=O)O)CC1. The molecular formula is C16H21NO3S. The number of nitrogens with one attached hydrogen (secondary N) is 1. The molecule has 4 nitrogen and oxygen atoms in total. The van der Waals surface area contributed by atoms with Crippen molar-refractivity contribution in [2.45, 2.75) is 51.0 Å².